The number of nitrogens with one attached hydrogen (secondary N) is 1. The van der Waals surface area contributed by atoms with Gasteiger partial charge >= 0.3 is 8.60 Å². The largest absolute Gasteiger partial charge is 0.354 e. The number of likely N-dealkylation sites (N-methyl/N-ethyl adjacent to an activating group) is 1. The summed E-state index contributed by atoms with van der Waals surface area (Å²) in [7, 11) is 4.34. The number of hydrogen-bond donors (Lipinski definition) is 2. The monoisotopic (exact) mass is 449 g/mol. The summed E-state index contributed by atoms with van der Waals surface area (Å²) in [6, 6.07) is 0. The summed E-state index contributed by atoms with van der Waals surface area (Å²) < 4.78 is 11.2. The fourth-order valence-corrected chi connectivity index (χ4v) is 3.70. The van der Waals surface area contributed by atoms with Gasteiger partial charge in [-0.1, -0.05) is 84.0 Å². The van der Waals surface area contributed by atoms with Crippen molar-refractivity contribution in [1.82, 2.24) is 5.32 Å². The predicted octanol–water partition coefficient (Wildman–Crippen LogP) is 5.54. The normalized spacial score (nSPS) is 12.8. The van der Waals surface area contributed by atoms with Crippen molar-refractivity contribution >= 4 is 14.5 Å². The highest BCUT2D eigenvalue weighted by atomic mass is 31.2. The van der Waals surface area contributed by atoms with Crippen LogP contribution in [-0.2, 0) is 13.8 Å². The average Bonchev–Trinajstić information content (AvgIpc) is 2.68. The average molecular weight is 450 g/mol. The molecule has 0 saturated heterocycles. The Labute approximate surface area is 187 Å². The van der Waals surface area contributed by atoms with Gasteiger partial charge in [-0.2, -0.15) is 0 Å². The number of unbranched alkanes of at least 4 members (excludes halogenated alkanes) is 12. The molecule has 180 valence electrons. The summed E-state index contributed by atoms with van der Waals surface area (Å²) in [5, 5.41) is 2.84. The Bertz CT molecular complexity index is 392. The Morgan fingerprint density at radius 3 is 1.77 bits per heavy atom. The molecule has 0 bridgehead atoms. The van der Waals surface area contributed by atoms with E-state index in [4.69, 9.17) is 9.05 Å². The minimum atomic E-state index is -1.85. The molecular formula is C23H50N2O4P+. The van der Waals surface area contributed by atoms with Gasteiger partial charge in [0.15, 0.2) is 0 Å². The van der Waals surface area contributed by atoms with Crippen LogP contribution < -0.4 is 5.32 Å². The van der Waals surface area contributed by atoms with Gasteiger partial charge in [0.25, 0.3) is 0 Å². The quantitative estimate of drug-likeness (QED) is 0.129. The highest BCUT2D eigenvalue weighted by molar-refractivity contribution is 7.40. The zero-order chi connectivity index (χ0) is 22.5. The van der Waals surface area contributed by atoms with Gasteiger partial charge in [-0.3, -0.25) is 4.79 Å². The molecule has 0 aliphatic heterocycles. The number of nitrogens with zero attached hydrogens (tertiary/aromatic N) is 1. The zero-order valence-corrected chi connectivity index (χ0v) is 21.2. The van der Waals surface area contributed by atoms with Crippen molar-refractivity contribution in [3.8, 4) is 0 Å². The first-order chi connectivity index (χ1) is 14.3. The second kappa shape index (κ2) is 20.6. The van der Waals surface area contributed by atoms with E-state index in [-0.39, 0.29) is 12.5 Å². The molecule has 0 aliphatic rings. The maximum Gasteiger partial charge on any atom is 0.330 e. The standard InChI is InChI=1S/C23H49N2O4P/c1-5-6-7-8-9-10-11-12-13-14-15-16-17-18-23(26)24-19-21-28-30(27)29-22-20-25(2,3)4/h27H,5-22H2,1-4H3/p+1. The summed E-state index contributed by atoms with van der Waals surface area (Å²) >= 11 is 0. The lowest BCUT2D eigenvalue weighted by atomic mass is 10.0. The van der Waals surface area contributed by atoms with Crippen molar-refractivity contribution < 1.29 is 23.2 Å². The Balaban J connectivity index is 3.30. The van der Waals surface area contributed by atoms with Gasteiger partial charge < -0.3 is 23.7 Å². The minimum Gasteiger partial charge on any atom is -0.354 e. The lowest BCUT2D eigenvalue weighted by Gasteiger charge is -2.23. The van der Waals surface area contributed by atoms with Crippen LogP contribution in [-0.4, -0.2) is 62.7 Å². The van der Waals surface area contributed by atoms with Gasteiger partial charge in [-0.25, -0.2) is 0 Å². The second-order valence-electron chi connectivity index (χ2n) is 9.26. The molecule has 1 unspecified atom stereocenters. The first-order valence-corrected chi connectivity index (χ1v) is 13.3. The molecule has 7 heteroatoms. The lowest BCUT2D eigenvalue weighted by Crippen LogP contribution is -2.37. The third-order valence-corrected chi connectivity index (χ3v) is 5.90. The van der Waals surface area contributed by atoms with Crippen LogP contribution in [0.25, 0.3) is 0 Å². The van der Waals surface area contributed by atoms with E-state index in [1.54, 1.807) is 0 Å². The maximum absolute atomic E-state index is 11.8. The van der Waals surface area contributed by atoms with E-state index in [1.807, 2.05) is 0 Å². The van der Waals surface area contributed by atoms with Crippen LogP contribution in [0.2, 0.25) is 0 Å². The van der Waals surface area contributed by atoms with Crippen LogP contribution in [0.3, 0.4) is 0 Å². The predicted molar refractivity (Wildman–Crippen MR) is 127 cm³/mol. The number of carbonyl (C=O) groups is 1. The number of quaternary nitrogens is 1. The molecule has 0 radical (unpaired) electrons. The van der Waals surface area contributed by atoms with Crippen LogP contribution in [0.15, 0.2) is 0 Å². The number of carbonyl (C=O) groups excluding carboxylic acids is 1. The van der Waals surface area contributed by atoms with E-state index in [9.17, 15) is 9.69 Å². The smallest absolute Gasteiger partial charge is 0.330 e. The maximum atomic E-state index is 11.8. The second-order valence-corrected chi connectivity index (χ2v) is 10.3. The number of hydrogen-bond acceptors (Lipinski definition) is 4. The van der Waals surface area contributed by atoms with E-state index in [1.165, 1.54) is 70.6 Å². The Morgan fingerprint density at radius 1 is 0.800 bits per heavy atom. The molecule has 1 atom stereocenters. The zero-order valence-electron chi connectivity index (χ0n) is 20.3. The van der Waals surface area contributed by atoms with Gasteiger partial charge in [0.1, 0.15) is 13.2 Å². The summed E-state index contributed by atoms with van der Waals surface area (Å²) in [5.41, 5.74) is 0. The SMILES string of the molecule is CCCCCCCCCCCCCCCC(=O)NCCOP(O)OCC[N+](C)(C)C. The molecule has 0 aromatic rings. The first kappa shape index (κ1) is 29.7. The van der Waals surface area contributed by atoms with Gasteiger partial charge in [-0.05, 0) is 6.42 Å². The van der Waals surface area contributed by atoms with Crippen LogP contribution in [0.5, 0.6) is 0 Å². The fraction of sp³-hybridized carbons (Fsp3) is 0.957. The third-order valence-electron chi connectivity index (χ3n) is 5.10. The van der Waals surface area contributed by atoms with Crippen LogP contribution >= 0.6 is 8.60 Å². The van der Waals surface area contributed by atoms with Crippen molar-refractivity contribution in [1.29, 1.82) is 0 Å². The highest BCUT2D eigenvalue weighted by Gasteiger charge is 2.11. The molecule has 0 heterocycles. The lowest BCUT2D eigenvalue weighted by molar-refractivity contribution is -0.870. The topological polar surface area (TPSA) is 67.8 Å². The molecule has 30 heavy (non-hydrogen) atoms. The molecule has 0 fully saturated rings. The van der Waals surface area contributed by atoms with Crippen molar-refractivity contribution in [2.75, 3.05) is 47.4 Å². The van der Waals surface area contributed by atoms with Crippen molar-refractivity contribution in [3.63, 3.8) is 0 Å². The number of rotatable bonds is 22. The molecule has 0 spiro atoms. The van der Waals surface area contributed by atoms with Crippen LogP contribution in [0.1, 0.15) is 96.8 Å². The molecule has 0 saturated carbocycles. The fourth-order valence-electron chi connectivity index (χ4n) is 3.14. The molecule has 0 aromatic carbocycles. The van der Waals surface area contributed by atoms with Gasteiger partial charge in [-0.15, -0.1) is 0 Å². The van der Waals surface area contributed by atoms with Gasteiger partial charge in [0.2, 0.25) is 5.91 Å². The van der Waals surface area contributed by atoms with Crippen molar-refractivity contribution in [2.24, 2.45) is 0 Å². The Hall–Kier alpha value is -0.260. The molecule has 0 rings (SSSR count). The molecule has 0 aliphatic carbocycles. The van der Waals surface area contributed by atoms with Gasteiger partial charge in [0.05, 0.1) is 27.7 Å². The summed E-state index contributed by atoms with van der Waals surface area (Å²) in [6.07, 6.45) is 17.6. The molecule has 1 amide bonds. The van der Waals surface area contributed by atoms with E-state index >= 15 is 0 Å². The highest BCUT2D eigenvalue weighted by Crippen LogP contribution is 2.31. The van der Waals surface area contributed by atoms with Crippen molar-refractivity contribution in [3.05, 3.63) is 0 Å². The third kappa shape index (κ3) is 24.0. The van der Waals surface area contributed by atoms with E-state index in [2.05, 4.69) is 33.4 Å². The molecule has 2 N–H and O–H groups in total. The summed E-state index contributed by atoms with van der Waals surface area (Å²) in [4.78, 5) is 21.5. The molecule has 6 nitrogen and oxygen atoms in total. The van der Waals surface area contributed by atoms with Crippen LogP contribution in [0, 0.1) is 0 Å². The van der Waals surface area contributed by atoms with E-state index in [0.29, 0.717) is 19.6 Å². The summed E-state index contributed by atoms with van der Waals surface area (Å²) in [5.74, 6) is 0.0647. The number of amides is 1. The van der Waals surface area contributed by atoms with Gasteiger partial charge in [0, 0.05) is 13.0 Å². The first-order valence-electron chi connectivity index (χ1n) is 12.2. The van der Waals surface area contributed by atoms with E-state index in [0.717, 1.165) is 23.9 Å². The Kier molecular flexibility index (Phi) is 20.5. The van der Waals surface area contributed by atoms with Crippen LogP contribution in [0.4, 0.5) is 0 Å². The molecule has 0 aromatic heterocycles. The van der Waals surface area contributed by atoms with Crippen molar-refractivity contribution in [2.45, 2.75) is 96.8 Å². The Morgan fingerprint density at radius 2 is 1.27 bits per heavy atom. The minimum absolute atomic E-state index is 0.0647. The molecular weight excluding hydrogens is 399 g/mol. The van der Waals surface area contributed by atoms with E-state index < -0.39 is 8.60 Å². The summed E-state index contributed by atoms with van der Waals surface area (Å²) in [6.45, 7) is 4.21.